The van der Waals surface area contributed by atoms with E-state index in [0.29, 0.717) is 29.0 Å². The van der Waals surface area contributed by atoms with Gasteiger partial charge in [0, 0.05) is 23.2 Å². The minimum atomic E-state index is -1.05. The first-order valence-electron chi connectivity index (χ1n) is 11.4. The molecule has 1 unspecified atom stereocenters. The molecule has 1 heterocycles. The number of pyridine rings is 1. The number of hydrogen-bond acceptors (Lipinski definition) is 3. The highest BCUT2D eigenvalue weighted by Gasteiger charge is 2.23. The summed E-state index contributed by atoms with van der Waals surface area (Å²) in [5.41, 5.74) is 1.70. The number of nitrogens with zero attached hydrogens (tertiary/aromatic N) is 1. The van der Waals surface area contributed by atoms with Crippen molar-refractivity contribution >= 4 is 16.9 Å². The molecule has 0 fully saturated rings. The van der Waals surface area contributed by atoms with Gasteiger partial charge in [-0.1, -0.05) is 49.4 Å². The van der Waals surface area contributed by atoms with Gasteiger partial charge in [0.15, 0.2) is 17.1 Å². The van der Waals surface area contributed by atoms with Gasteiger partial charge < -0.3 is 14.4 Å². The Hall–Kier alpha value is -4.00. The molecule has 0 aliphatic carbocycles. The topological polar surface area (TPSA) is 68.5 Å². The lowest BCUT2D eigenvalue weighted by molar-refractivity contribution is -0.140. The summed E-state index contributed by atoms with van der Waals surface area (Å²) >= 11 is 0. The molecule has 0 radical (unpaired) electrons. The number of benzene rings is 3. The fourth-order valence-electron chi connectivity index (χ4n) is 4.24. The first-order chi connectivity index (χ1) is 16.9. The zero-order chi connectivity index (χ0) is 24.9. The number of carboxylic acids is 1. The molecule has 0 aliphatic heterocycles. The van der Waals surface area contributed by atoms with Crippen molar-refractivity contribution in [1.82, 2.24) is 4.57 Å². The zero-order valence-corrected chi connectivity index (χ0v) is 19.2. The van der Waals surface area contributed by atoms with E-state index in [9.17, 15) is 23.5 Å². The molecule has 180 valence electrons. The van der Waals surface area contributed by atoms with Gasteiger partial charge in [-0.15, -0.1) is 0 Å². The second-order valence-corrected chi connectivity index (χ2v) is 8.30. The molecule has 7 heteroatoms. The van der Waals surface area contributed by atoms with Gasteiger partial charge in [-0.2, -0.15) is 0 Å². The number of carboxylic acid groups (broad SMARTS) is 1. The predicted octanol–water partition coefficient (Wildman–Crippen LogP) is 5.68. The Morgan fingerprint density at radius 2 is 1.77 bits per heavy atom. The van der Waals surface area contributed by atoms with Crippen LogP contribution in [0.25, 0.3) is 10.9 Å². The molecule has 0 bridgehead atoms. The van der Waals surface area contributed by atoms with Crippen molar-refractivity contribution in [2.24, 2.45) is 0 Å². The molecule has 0 saturated heterocycles. The van der Waals surface area contributed by atoms with E-state index in [1.165, 1.54) is 18.2 Å². The Balaban J connectivity index is 1.77. The van der Waals surface area contributed by atoms with E-state index in [1.54, 1.807) is 29.7 Å². The largest absolute Gasteiger partial charge is 0.489 e. The molecule has 0 amide bonds. The molecule has 0 saturated carbocycles. The number of hydrogen-bond donors (Lipinski definition) is 1. The van der Waals surface area contributed by atoms with Gasteiger partial charge in [-0.3, -0.25) is 4.79 Å². The van der Waals surface area contributed by atoms with Crippen LogP contribution in [0.4, 0.5) is 8.78 Å². The second-order valence-electron chi connectivity index (χ2n) is 8.30. The molecular weight excluding hydrogens is 452 g/mol. The molecule has 0 spiro atoms. The first kappa shape index (κ1) is 24.1. The number of aryl methyl sites for hydroxylation is 2. The van der Waals surface area contributed by atoms with Crippen molar-refractivity contribution in [1.29, 1.82) is 0 Å². The molecule has 0 aliphatic rings. The van der Waals surface area contributed by atoms with E-state index >= 15 is 0 Å². The third-order valence-corrected chi connectivity index (χ3v) is 6.02. The molecule has 1 N–H and O–H groups in total. The van der Waals surface area contributed by atoms with Gasteiger partial charge in [0.25, 0.3) is 0 Å². The van der Waals surface area contributed by atoms with Crippen LogP contribution < -0.4 is 10.2 Å². The normalized spacial score (nSPS) is 12.0. The highest BCUT2D eigenvalue weighted by Crippen LogP contribution is 2.27. The van der Waals surface area contributed by atoms with Crippen LogP contribution in [0.5, 0.6) is 5.75 Å². The molecule has 4 rings (SSSR count). The highest BCUT2D eigenvalue weighted by atomic mass is 19.2. The maximum atomic E-state index is 14.2. The van der Waals surface area contributed by atoms with Gasteiger partial charge in [0.1, 0.15) is 18.4 Å². The van der Waals surface area contributed by atoms with Crippen LogP contribution in [0.15, 0.2) is 77.6 Å². The summed E-state index contributed by atoms with van der Waals surface area (Å²) in [6, 6.07) is 18.9. The summed E-state index contributed by atoms with van der Waals surface area (Å²) in [7, 11) is 0. The van der Waals surface area contributed by atoms with Crippen LogP contribution in [0.2, 0.25) is 0 Å². The molecule has 1 aromatic heterocycles. The minimum Gasteiger partial charge on any atom is -0.489 e. The van der Waals surface area contributed by atoms with Crippen molar-refractivity contribution < 1.29 is 23.4 Å². The highest BCUT2D eigenvalue weighted by molar-refractivity contribution is 5.83. The zero-order valence-electron chi connectivity index (χ0n) is 19.2. The lowest BCUT2D eigenvalue weighted by Gasteiger charge is -2.23. The molecule has 1 atom stereocenters. The first-order valence-corrected chi connectivity index (χ1v) is 11.4. The fraction of sp³-hybridized carbons (Fsp3) is 0.214. The number of carbonyl (C=O) groups is 1. The average molecular weight is 478 g/mol. The van der Waals surface area contributed by atoms with E-state index < -0.39 is 23.6 Å². The van der Waals surface area contributed by atoms with Gasteiger partial charge in [0.05, 0.1) is 5.52 Å². The smallest absolute Gasteiger partial charge is 0.326 e. The summed E-state index contributed by atoms with van der Waals surface area (Å²) < 4.78 is 35.4. The number of rotatable bonds is 9. The average Bonchev–Trinajstić information content (AvgIpc) is 2.86. The lowest BCUT2D eigenvalue weighted by atomic mass is 10.0. The van der Waals surface area contributed by atoms with Crippen molar-refractivity contribution in [3.63, 3.8) is 0 Å². The summed E-state index contributed by atoms with van der Waals surface area (Å²) in [6.07, 6.45) is 0.531. The van der Waals surface area contributed by atoms with E-state index in [1.807, 2.05) is 30.3 Å². The third kappa shape index (κ3) is 5.24. The van der Waals surface area contributed by atoms with Crippen molar-refractivity contribution in [3.8, 4) is 5.75 Å². The summed E-state index contributed by atoms with van der Waals surface area (Å²) in [4.78, 5) is 25.1. The van der Waals surface area contributed by atoms with Crippen molar-refractivity contribution in [2.45, 2.75) is 38.8 Å². The third-order valence-electron chi connectivity index (χ3n) is 6.02. The molecule has 5 nitrogen and oxygen atoms in total. The van der Waals surface area contributed by atoms with Crippen LogP contribution in [0.3, 0.4) is 0 Å². The number of halogens is 2. The maximum Gasteiger partial charge on any atom is 0.326 e. The fourth-order valence-corrected chi connectivity index (χ4v) is 4.24. The number of fused-ring (bicyclic) bond motifs is 1. The maximum absolute atomic E-state index is 14.2. The summed E-state index contributed by atoms with van der Waals surface area (Å²) in [6.45, 7) is 2.06. The van der Waals surface area contributed by atoms with Gasteiger partial charge in [0.2, 0.25) is 0 Å². The lowest BCUT2D eigenvalue weighted by Crippen LogP contribution is -2.25. The Morgan fingerprint density at radius 1 is 1.00 bits per heavy atom. The second kappa shape index (κ2) is 10.5. The quantitative estimate of drug-likeness (QED) is 0.337. The number of aromatic nitrogens is 1. The monoisotopic (exact) mass is 477 g/mol. The van der Waals surface area contributed by atoms with E-state index in [4.69, 9.17) is 4.74 Å². The van der Waals surface area contributed by atoms with Crippen LogP contribution in [0.1, 0.15) is 36.2 Å². The van der Waals surface area contributed by atoms with Gasteiger partial charge >= 0.3 is 5.97 Å². The number of aliphatic carboxylic acids is 1. The van der Waals surface area contributed by atoms with Crippen molar-refractivity contribution in [3.05, 3.63) is 111 Å². The van der Waals surface area contributed by atoms with Crippen LogP contribution in [-0.4, -0.2) is 15.6 Å². The van der Waals surface area contributed by atoms with Crippen LogP contribution in [0, 0.1) is 11.6 Å². The molecule has 3 aromatic carbocycles. The molecule has 35 heavy (non-hydrogen) atoms. The Morgan fingerprint density at radius 3 is 2.49 bits per heavy atom. The van der Waals surface area contributed by atoms with E-state index in [-0.39, 0.29) is 30.3 Å². The number of ether oxygens (including phenoxy) is 1. The Bertz CT molecular complexity index is 1420. The van der Waals surface area contributed by atoms with Crippen molar-refractivity contribution in [2.75, 3.05) is 0 Å². The van der Waals surface area contributed by atoms with Gasteiger partial charge in [-0.05, 0) is 48.6 Å². The minimum absolute atomic E-state index is 0.106. The Kier molecular flexibility index (Phi) is 7.25. The molecule has 4 aromatic rings. The summed E-state index contributed by atoms with van der Waals surface area (Å²) in [5, 5.41) is 10.3. The van der Waals surface area contributed by atoms with Gasteiger partial charge in [-0.25, -0.2) is 13.6 Å². The predicted molar refractivity (Wildman–Crippen MR) is 130 cm³/mol. The standard InChI is InChI=1S/C28H25F2NO4/c1-2-24(28(33)34)31-20(12-11-19-9-6-10-23(29)27(19)30)15-26(32)22-14-13-21(16-25(22)31)35-17-18-7-4-3-5-8-18/h3-10,13-16,24H,2,11-12,17H2,1H3,(H,33,34). The summed E-state index contributed by atoms with van der Waals surface area (Å²) in [5.74, 6) is -2.45. The van der Waals surface area contributed by atoms with Crippen LogP contribution in [-0.2, 0) is 24.2 Å². The van der Waals surface area contributed by atoms with E-state index in [2.05, 4.69) is 0 Å². The SMILES string of the molecule is CCC(C(=O)O)n1c(CCc2cccc(F)c2F)cc(=O)c2ccc(OCc3ccccc3)cc21. The van der Waals surface area contributed by atoms with Crippen LogP contribution >= 0.6 is 0 Å². The Labute approximate surface area is 201 Å². The van der Waals surface area contributed by atoms with E-state index in [0.717, 1.165) is 11.6 Å². The molecular formula is C28H25F2NO4.